The number of ether oxygens (including phenoxy) is 2. The Bertz CT molecular complexity index is 1010. The van der Waals surface area contributed by atoms with Crippen molar-refractivity contribution in [2.75, 3.05) is 24.7 Å². The first-order valence-electron chi connectivity index (χ1n) is 10.4. The Hall–Kier alpha value is -2.42. The first kappa shape index (κ1) is 20.5. The number of benzene rings is 2. The van der Waals surface area contributed by atoms with Gasteiger partial charge in [0, 0.05) is 12.1 Å². The molecule has 5 nitrogen and oxygen atoms in total. The van der Waals surface area contributed by atoms with Crippen molar-refractivity contribution in [3.05, 3.63) is 64.7 Å². The lowest BCUT2D eigenvalue weighted by Crippen LogP contribution is -2.47. The summed E-state index contributed by atoms with van der Waals surface area (Å²) in [7, 11) is 0. The highest BCUT2D eigenvalue weighted by atomic mass is 19.4. The minimum Gasteiger partial charge on any atom is -0.384 e. The fourth-order valence-electron chi connectivity index (χ4n) is 4.35. The number of aliphatic hydroxyl groups is 1. The SMILES string of the molecule is O=C1N(CC2CC2)c2ccc(C(O)c3ccccc3C(F)(F)F)cc2C12OCCCO2. The first-order chi connectivity index (χ1) is 14.8. The molecule has 2 aliphatic heterocycles. The Balaban J connectivity index is 1.57. The summed E-state index contributed by atoms with van der Waals surface area (Å²) in [5, 5.41) is 10.9. The number of carbonyl (C=O) groups is 1. The van der Waals surface area contributed by atoms with Crippen LogP contribution in [0.15, 0.2) is 42.5 Å². The van der Waals surface area contributed by atoms with Gasteiger partial charge in [-0.15, -0.1) is 0 Å². The molecule has 1 aliphatic carbocycles. The van der Waals surface area contributed by atoms with E-state index < -0.39 is 23.6 Å². The summed E-state index contributed by atoms with van der Waals surface area (Å²) in [6.45, 7) is 1.23. The van der Waals surface area contributed by atoms with Gasteiger partial charge in [0.05, 0.1) is 24.5 Å². The van der Waals surface area contributed by atoms with Crippen LogP contribution in [0.4, 0.5) is 18.9 Å². The van der Waals surface area contributed by atoms with E-state index >= 15 is 0 Å². The Morgan fingerprint density at radius 2 is 1.84 bits per heavy atom. The van der Waals surface area contributed by atoms with E-state index in [1.807, 2.05) is 0 Å². The number of aliphatic hydroxyl groups excluding tert-OH is 1. The molecule has 1 atom stereocenters. The predicted octanol–water partition coefficient (Wildman–Crippen LogP) is 4.13. The number of carbonyl (C=O) groups excluding carboxylic acids is 1. The summed E-state index contributed by atoms with van der Waals surface area (Å²) < 4.78 is 52.1. The van der Waals surface area contributed by atoms with Gasteiger partial charge in [-0.2, -0.15) is 13.2 Å². The number of hydrogen-bond donors (Lipinski definition) is 1. The second-order valence-electron chi connectivity index (χ2n) is 8.29. The molecule has 1 N–H and O–H groups in total. The van der Waals surface area contributed by atoms with Crippen molar-refractivity contribution in [3.63, 3.8) is 0 Å². The molecule has 1 saturated heterocycles. The third-order valence-corrected chi connectivity index (χ3v) is 6.11. The summed E-state index contributed by atoms with van der Waals surface area (Å²) in [4.78, 5) is 15.0. The summed E-state index contributed by atoms with van der Waals surface area (Å²) in [6.07, 6.45) is -3.36. The number of halogens is 3. The monoisotopic (exact) mass is 433 g/mol. The van der Waals surface area contributed by atoms with E-state index in [1.54, 1.807) is 23.1 Å². The summed E-state index contributed by atoms with van der Waals surface area (Å²) in [5.41, 5.74) is 0.175. The molecule has 2 aromatic carbocycles. The molecule has 0 bridgehead atoms. The van der Waals surface area contributed by atoms with Gasteiger partial charge in [0.15, 0.2) is 0 Å². The van der Waals surface area contributed by atoms with Crippen LogP contribution in [-0.4, -0.2) is 30.8 Å². The van der Waals surface area contributed by atoms with Crippen molar-refractivity contribution >= 4 is 11.6 Å². The van der Waals surface area contributed by atoms with Crippen molar-refractivity contribution < 1.29 is 32.5 Å². The average Bonchev–Trinajstić information content (AvgIpc) is 3.57. The fourth-order valence-corrected chi connectivity index (χ4v) is 4.35. The lowest BCUT2D eigenvalue weighted by molar-refractivity contribution is -0.256. The first-order valence-corrected chi connectivity index (χ1v) is 10.4. The molecule has 5 rings (SSSR count). The molecular formula is C23H22F3NO4. The Kier molecular flexibility index (Phi) is 4.84. The van der Waals surface area contributed by atoms with Gasteiger partial charge in [0.2, 0.25) is 0 Å². The number of nitrogens with zero attached hydrogens (tertiary/aromatic N) is 1. The summed E-state index contributed by atoms with van der Waals surface area (Å²) in [5.74, 6) is -1.47. The van der Waals surface area contributed by atoms with Gasteiger partial charge in [-0.3, -0.25) is 4.79 Å². The lowest BCUT2D eigenvalue weighted by atomic mass is 9.93. The van der Waals surface area contributed by atoms with Crippen LogP contribution in [0.1, 0.15) is 47.6 Å². The van der Waals surface area contributed by atoms with Crippen LogP contribution in [0.2, 0.25) is 0 Å². The van der Waals surface area contributed by atoms with E-state index in [9.17, 15) is 23.1 Å². The number of hydrogen-bond acceptors (Lipinski definition) is 4. The second kappa shape index (κ2) is 7.32. The van der Waals surface area contributed by atoms with Gasteiger partial charge in [-0.05, 0) is 54.5 Å². The quantitative estimate of drug-likeness (QED) is 0.788. The normalized spacial score (nSPS) is 21.4. The van der Waals surface area contributed by atoms with Crippen LogP contribution >= 0.6 is 0 Å². The minimum atomic E-state index is -4.60. The van der Waals surface area contributed by atoms with Crippen molar-refractivity contribution in [1.82, 2.24) is 0 Å². The molecule has 2 aromatic rings. The molecule has 2 fully saturated rings. The van der Waals surface area contributed by atoms with Crippen LogP contribution < -0.4 is 4.90 Å². The van der Waals surface area contributed by atoms with Gasteiger partial charge in [-0.1, -0.05) is 24.3 Å². The van der Waals surface area contributed by atoms with E-state index in [4.69, 9.17) is 9.47 Å². The summed E-state index contributed by atoms with van der Waals surface area (Å²) in [6, 6.07) is 9.72. The van der Waals surface area contributed by atoms with E-state index in [1.165, 1.54) is 18.2 Å². The third-order valence-electron chi connectivity index (χ3n) is 6.11. The van der Waals surface area contributed by atoms with E-state index in [0.717, 1.165) is 18.9 Å². The Morgan fingerprint density at radius 1 is 1.13 bits per heavy atom. The highest BCUT2D eigenvalue weighted by molar-refractivity contribution is 6.06. The molecule has 1 amide bonds. The number of alkyl halides is 3. The summed E-state index contributed by atoms with van der Waals surface area (Å²) >= 11 is 0. The maximum absolute atomic E-state index is 13.5. The van der Waals surface area contributed by atoms with E-state index in [-0.39, 0.29) is 17.0 Å². The van der Waals surface area contributed by atoms with Crippen molar-refractivity contribution in [2.45, 2.75) is 37.3 Å². The molecule has 1 spiro atoms. The Labute approximate surface area is 177 Å². The minimum absolute atomic E-state index is 0.242. The zero-order chi connectivity index (χ0) is 21.8. The molecule has 3 aliphatic rings. The van der Waals surface area contributed by atoms with Gasteiger partial charge >= 0.3 is 6.18 Å². The number of fused-ring (bicyclic) bond motifs is 2. The molecule has 2 heterocycles. The molecule has 0 aromatic heterocycles. The molecule has 31 heavy (non-hydrogen) atoms. The number of rotatable bonds is 4. The van der Waals surface area contributed by atoms with Crippen LogP contribution in [0.3, 0.4) is 0 Å². The zero-order valence-corrected chi connectivity index (χ0v) is 16.7. The maximum Gasteiger partial charge on any atom is 0.416 e. The van der Waals surface area contributed by atoms with Crippen LogP contribution in [0.25, 0.3) is 0 Å². The molecular weight excluding hydrogens is 411 g/mol. The lowest BCUT2D eigenvalue weighted by Gasteiger charge is -2.32. The van der Waals surface area contributed by atoms with Crippen LogP contribution in [-0.2, 0) is 26.2 Å². The van der Waals surface area contributed by atoms with Gasteiger partial charge in [0.25, 0.3) is 11.7 Å². The topological polar surface area (TPSA) is 59.0 Å². The third kappa shape index (κ3) is 3.43. The predicted molar refractivity (Wildman–Crippen MR) is 105 cm³/mol. The van der Waals surface area contributed by atoms with E-state index in [2.05, 4.69) is 0 Å². The highest BCUT2D eigenvalue weighted by Crippen LogP contribution is 2.48. The molecule has 0 radical (unpaired) electrons. The van der Waals surface area contributed by atoms with Crippen molar-refractivity contribution in [3.8, 4) is 0 Å². The van der Waals surface area contributed by atoms with Crippen LogP contribution in [0, 0.1) is 5.92 Å². The molecule has 164 valence electrons. The average molecular weight is 433 g/mol. The number of amides is 1. The second-order valence-corrected chi connectivity index (χ2v) is 8.29. The smallest absolute Gasteiger partial charge is 0.384 e. The van der Waals surface area contributed by atoms with Crippen molar-refractivity contribution in [1.29, 1.82) is 0 Å². The maximum atomic E-state index is 13.5. The standard InChI is InChI=1S/C23H22F3NO4/c24-23(25,26)17-5-2-1-4-16(17)20(28)15-8-9-19-18(12-15)22(30-10-3-11-31-22)21(29)27(19)13-14-6-7-14/h1-2,4-5,8-9,12,14,20,28H,3,6-7,10-11,13H2. The fraction of sp³-hybridized carbons (Fsp3) is 0.435. The highest BCUT2D eigenvalue weighted by Gasteiger charge is 2.55. The van der Waals surface area contributed by atoms with Crippen LogP contribution in [0.5, 0.6) is 0 Å². The van der Waals surface area contributed by atoms with Gasteiger partial charge in [-0.25, -0.2) is 0 Å². The number of anilines is 1. The Morgan fingerprint density at radius 3 is 2.52 bits per heavy atom. The van der Waals surface area contributed by atoms with Gasteiger partial charge in [0.1, 0.15) is 6.10 Å². The van der Waals surface area contributed by atoms with E-state index in [0.29, 0.717) is 43.3 Å². The molecule has 1 unspecified atom stereocenters. The van der Waals surface area contributed by atoms with Crippen molar-refractivity contribution in [2.24, 2.45) is 5.92 Å². The zero-order valence-electron chi connectivity index (χ0n) is 16.7. The largest absolute Gasteiger partial charge is 0.416 e. The molecule has 1 saturated carbocycles. The van der Waals surface area contributed by atoms with Gasteiger partial charge < -0.3 is 19.5 Å². The molecule has 8 heteroatoms.